The van der Waals surface area contributed by atoms with E-state index < -0.39 is 0 Å². The molecular formula is C10H17N3. The Morgan fingerprint density at radius 2 is 2.38 bits per heavy atom. The van der Waals surface area contributed by atoms with Gasteiger partial charge in [-0.2, -0.15) is 5.10 Å². The molecule has 0 amide bonds. The van der Waals surface area contributed by atoms with Crippen molar-refractivity contribution in [3.05, 3.63) is 17.5 Å². The Morgan fingerprint density at radius 3 is 2.92 bits per heavy atom. The van der Waals surface area contributed by atoms with Crippen LogP contribution in [-0.2, 0) is 6.54 Å². The van der Waals surface area contributed by atoms with Crippen LogP contribution in [0.5, 0.6) is 0 Å². The maximum absolute atomic E-state index is 3.99. The van der Waals surface area contributed by atoms with E-state index in [-0.39, 0.29) is 0 Å². The number of H-pyrrole nitrogens is 1. The Morgan fingerprint density at radius 1 is 1.62 bits per heavy atom. The van der Waals surface area contributed by atoms with E-state index in [9.17, 15) is 0 Å². The SMILES string of the molecule is Cc1[nH]ncc1CNCC1(C)CC1. The Balaban J connectivity index is 1.77. The molecule has 0 atom stereocenters. The third kappa shape index (κ3) is 2.10. The fraction of sp³-hybridized carbons (Fsp3) is 0.700. The van der Waals surface area contributed by atoms with Crippen molar-refractivity contribution in [2.24, 2.45) is 5.41 Å². The minimum atomic E-state index is 0.595. The molecule has 1 heterocycles. The standard InChI is InChI=1S/C10H17N3/c1-8-9(6-12-13-8)5-11-7-10(2)3-4-10/h6,11H,3-5,7H2,1-2H3,(H,12,13). The van der Waals surface area contributed by atoms with Gasteiger partial charge in [-0.05, 0) is 25.2 Å². The summed E-state index contributed by atoms with van der Waals surface area (Å²) >= 11 is 0. The molecule has 1 aromatic heterocycles. The molecule has 0 spiro atoms. The highest BCUT2D eigenvalue weighted by molar-refractivity contribution is 5.13. The van der Waals surface area contributed by atoms with E-state index in [4.69, 9.17) is 0 Å². The summed E-state index contributed by atoms with van der Waals surface area (Å²) in [5.41, 5.74) is 3.05. The van der Waals surface area contributed by atoms with Crippen LogP contribution in [0.25, 0.3) is 0 Å². The third-order valence-electron chi connectivity index (χ3n) is 2.91. The van der Waals surface area contributed by atoms with Crippen molar-refractivity contribution in [3.63, 3.8) is 0 Å². The first-order valence-corrected chi connectivity index (χ1v) is 4.89. The number of aromatic nitrogens is 2. The Hall–Kier alpha value is -0.830. The average Bonchev–Trinajstić information content (AvgIpc) is 2.68. The van der Waals surface area contributed by atoms with Crippen LogP contribution in [0, 0.1) is 12.3 Å². The van der Waals surface area contributed by atoms with Gasteiger partial charge in [0.25, 0.3) is 0 Å². The summed E-state index contributed by atoms with van der Waals surface area (Å²) < 4.78 is 0. The van der Waals surface area contributed by atoms with Crippen molar-refractivity contribution in [1.82, 2.24) is 15.5 Å². The summed E-state index contributed by atoms with van der Waals surface area (Å²) in [5, 5.41) is 10.4. The van der Waals surface area contributed by atoms with Gasteiger partial charge in [0, 0.05) is 24.3 Å². The van der Waals surface area contributed by atoms with E-state index in [1.54, 1.807) is 0 Å². The molecule has 0 aliphatic heterocycles. The van der Waals surface area contributed by atoms with Crippen LogP contribution in [0.3, 0.4) is 0 Å². The van der Waals surface area contributed by atoms with E-state index in [2.05, 4.69) is 29.4 Å². The summed E-state index contributed by atoms with van der Waals surface area (Å²) in [4.78, 5) is 0. The van der Waals surface area contributed by atoms with Crippen molar-refractivity contribution < 1.29 is 0 Å². The molecular weight excluding hydrogens is 162 g/mol. The third-order valence-corrected chi connectivity index (χ3v) is 2.91. The van der Waals surface area contributed by atoms with Crippen LogP contribution in [0.15, 0.2) is 6.20 Å². The lowest BCUT2D eigenvalue weighted by Gasteiger charge is -2.08. The van der Waals surface area contributed by atoms with Crippen molar-refractivity contribution in [1.29, 1.82) is 0 Å². The molecule has 1 aromatic rings. The molecule has 3 heteroatoms. The number of aromatic amines is 1. The first kappa shape index (κ1) is 8.75. The molecule has 13 heavy (non-hydrogen) atoms. The van der Waals surface area contributed by atoms with Gasteiger partial charge in [-0.25, -0.2) is 0 Å². The topological polar surface area (TPSA) is 40.7 Å². The first-order chi connectivity index (χ1) is 6.20. The van der Waals surface area contributed by atoms with Crippen LogP contribution < -0.4 is 5.32 Å². The highest BCUT2D eigenvalue weighted by Gasteiger charge is 2.36. The zero-order chi connectivity index (χ0) is 9.31. The summed E-state index contributed by atoms with van der Waals surface area (Å²) in [6, 6.07) is 0. The minimum Gasteiger partial charge on any atom is -0.312 e. The van der Waals surface area contributed by atoms with Gasteiger partial charge in [-0.1, -0.05) is 6.92 Å². The predicted molar refractivity (Wildman–Crippen MR) is 52.4 cm³/mol. The van der Waals surface area contributed by atoms with Gasteiger partial charge >= 0.3 is 0 Å². The average molecular weight is 179 g/mol. The predicted octanol–water partition coefficient (Wildman–Crippen LogP) is 1.61. The van der Waals surface area contributed by atoms with Crippen LogP contribution in [0.4, 0.5) is 0 Å². The van der Waals surface area contributed by atoms with Crippen LogP contribution in [-0.4, -0.2) is 16.7 Å². The van der Waals surface area contributed by atoms with Crippen molar-refractivity contribution in [2.75, 3.05) is 6.54 Å². The second-order valence-corrected chi connectivity index (χ2v) is 4.43. The van der Waals surface area contributed by atoms with Gasteiger partial charge in [0.05, 0.1) is 6.20 Å². The zero-order valence-corrected chi connectivity index (χ0v) is 8.35. The lowest BCUT2D eigenvalue weighted by molar-refractivity contribution is 0.499. The Labute approximate surface area is 78.9 Å². The summed E-state index contributed by atoms with van der Waals surface area (Å²) in [5.74, 6) is 0. The molecule has 0 saturated heterocycles. The molecule has 2 N–H and O–H groups in total. The molecule has 0 unspecified atom stereocenters. The van der Waals surface area contributed by atoms with E-state index in [0.29, 0.717) is 5.41 Å². The van der Waals surface area contributed by atoms with E-state index in [1.165, 1.54) is 24.1 Å². The maximum atomic E-state index is 3.99. The second kappa shape index (κ2) is 3.14. The molecule has 0 bridgehead atoms. The quantitative estimate of drug-likeness (QED) is 0.737. The fourth-order valence-electron chi connectivity index (χ4n) is 1.44. The monoisotopic (exact) mass is 179 g/mol. The molecule has 1 saturated carbocycles. The lowest BCUT2D eigenvalue weighted by atomic mass is 10.1. The molecule has 3 nitrogen and oxygen atoms in total. The normalized spacial score (nSPS) is 18.9. The first-order valence-electron chi connectivity index (χ1n) is 4.89. The van der Waals surface area contributed by atoms with Crippen molar-refractivity contribution in [2.45, 2.75) is 33.2 Å². The van der Waals surface area contributed by atoms with Crippen LogP contribution in [0.2, 0.25) is 0 Å². The highest BCUT2D eigenvalue weighted by atomic mass is 15.1. The minimum absolute atomic E-state index is 0.595. The van der Waals surface area contributed by atoms with Gasteiger partial charge in [-0.3, -0.25) is 5.10 Å². The molecule has 1 fully saturated rings. The molecule has 1 aliphatic rings. The summed E-state index contributed by atoms with van der Waals surface area (Å²) in [6.45, 7) is 6.47. The number of hydrogen-bond acceptors (Lipinski definition) is 2. The Bertz CT molecular complexity index is 286. The molecule has 2 rings (SSSR count). The number of hydrogen-bond donors (Lipinski definition) is 2. The lowest BCUT2D eigenvalue weighted by Crippen LogP contribution is -2.21. The maximum Gasteiger partial charge on any atom is 0.0535 e. The summed E-state index contributed by atoms with van der Waals surface area (Å²) in [7, 11) is 0. The van der Waals surface area contributed by atoms with Crippen molar-refractivity contribution in [3.8, 4) is 0 Å². The number of nitrogens with zero attached hydrogens (tertiary/aromatic N) is 1. The Kier molecular flexibility index (Phi) is 2.12. The zero-order valence-electron chi connectivity index (χ0n) is 8.35. The van der Waals surface area contributed by atoms with Gasteiger partial charge in [0.1, 0.15) is 0 Å². The fourth-order valence-corrected chi connectivity index (χ4v) is 1.44. The van der Waals surface area contributed by atoms with Gasteiger partial charge in [0.15, 0.2) is 0 Å². The van der Waals surface area contributed by atoms with Crippen molar-refractivity contribution >= 4 is 0 Å². The van der Waals surface area contributed by atoms with Crippen LogP contribution >= 0.6 is 0 Å². The van der Waals surface area contributed by atoms with Gasteiger partial charge in [0.2, 0.25) is 0 Å². The largest absolute Gasteiger partial charge is 0.312 e. The van der Waals surface area contributed by atoms with E-state index >= 15 is 0 Å². The smallest absolute Gasteiger partial charge is 0.0535 e. The summed E-state index contributed by atoms with van der Waals surface area (Å²) in [6.07, 6.45) is 4.66. The number of aryl methyl sites for hydroxylation is 1. The molecule has 0 aromatic carbocycles. The van der Waals surface area contributed by atoms with E-state index in [1.807, 2.05) is 6.20 Å². The molecule has 72 valence electrons. The van der Waals surface area contributed by atoms with Gasteiger partial charge < -0.3 is 5.32 Å². The highest BCUT2D eigenvalue weighted by Crippen LogP contribution is 2.44. The van der Waals surface area contributed by atoms with Crippen LogP contribution in [0.1, 0.15) is 31.0 Å². The van der Waals surface area contributed by atoms with E-state index in [0.717, 1.165) is 13.1 Å². The second-order valence-electron chi connectivity index (χ2n) is 4.43. The number of rotatable bonds is 4. The number of nitrogens with one attached hydrogen (secondary N) is 2. The van der Waals surface area contributed by atoms with Gasteiger partial charge in [-0.15, -0.1) is 0 Å². The molecule has 0 radical (unpaired) electrons. The molecule has 1 aliphatic carbocycles.